The zero-order valence-electron chi connectivity index (χ0n) is 14.0. The van der Waals surface area contributed by atoms with Crippen LogP contribution in [0.2, 0.25) is 0 Å². The van der Waals surface area contributed by atoms with Crippen LogP contribution in [0.5, 0.6) is 0 Å². The lowest BCUT2D eigenvalue weighted by Gasteiger charge is -2.42. The van der Waals surface area contributed by atoms with Gasteiger partial charge in [-0.15, -0.1) is 0 Å². The minimum Gasteiger partial charge on any atom is -0.461 e. The number of fused-ring (bicyclic) bond motifs is 4. The molecule has 1 amide bonds. The Bertz CT molecular complexity index is 1020. The molecule has 1 fully saturated rings. The Hall–Kier alpha value is -3.09. The van der Waals surface area contributed by atoms with Gasteiger partial charge in [0.1, 0.15) is 0 Å². The van der Waals surface area contributed by atoms with Gasteiger partial charge >= 0.3 is 0 Å². The molecule has 5 rings (SSSR count). The Morgan fingerprint density at radius 3 is 2.88 bits per heavy atom. The summed E-state index contributed by atoms with van der Waals surface area (Å²) in [4.78, 5) is 26.8. The van der Waals surface area contributed by atoms with Crippen LogP contribution in [0.15, 0.2) is 56.4 Å². The molecule has 0 aliphatic carbocycles. The van der Waals surface area contributed by atoms with Gasteiger partial charge in [-0.2, -0.15) is 0 Å². The quantitative estimate of drug-likeness (QED) is 0.708. The van der Waals surface area contributed by atoms with Crippen molar-refractivity contribution in [2.24, 2.45) is 5.92 Å². The van der Waals surface area contributed by atoms with E-state index < -0.39 is 0 Å². The van der Waals surface area contributed by atoms with Crippen molar-refractivity contribution >= 4 is 5.91 Å². The van der Waals surface area contributed by atoms with E-state index in [1.165, 1.54) is 0 Å². The fraction of sp³-hybridized carbons (Fsp3) is 0.316. The van der Waals surface area contributed by atoms with Crippen molar-refractivity contribution in [2.45, 2.75) is 18.9 Å². The molecule has 3 aromatic rings. The number of furan rings is 1. The number of amides is 1. The van der Waals surface area contributed by atoms with Crippen LogP contribution in [-0.2, 0) is 6.54 Å². The summed E-state index contributed by atoms with van der Waals surface area (Å²) in [7, 11) is 0. The molecule has 0 unspecified atom stereocenters. The molecule has 132 valence electrons. The van der Waals surface area contributed by atoms with Crippen LogP contribution in [0.4, 0.5) is 0 Å². The van der Waals surface area contributed by atoms with Gasteiger partial charge in [-0.1, -0.05) is 11.2 Å². The second-order valence-electron chi connectivity index (χ2n) is 6.96. The molecule has 2 bridgehead atoms. The van der Waals surface area contributed by atoms with E-state index >= 15 is 0 Å². The molecule has 0 spiro atoms. The molecule has 2 aliphatic heterocycles. The third kappa shape index (κ3) is 2.39. The van der Waals surface area contributed by atoms with Crippen molar-refractivity contribution in [1.29, 1.82) is 0 Å². The molecule has 7 nitrogen and oxygen atoms in total. The van der Waals surface area contributed by atoms with E-state index in [4.69, 9.17) is 8.94 Å². The number of nitrogens with zero attached hydrogens (tertiary/aromatic N) is 3. The summed E-state index contributed by atoms with van der Waals surface area (Å²) in [5.74, 6) is 1.29. The van der Waals surface area contributed by atoms with Crippen LogP contribution in [-0.4, -0.2) is 33.6 Å². The summed E-state index contributed by atoms with van der Waals surface area (Å²) in [6, 6.07) is 10.5. The highest BCUT2D eigenvalue weighted by molar-refractivity contribution is 5.93. The molecule has 0 aromatic carbocycles. The Labute approximate surface area is 148 Å². The van der Waals surface area contributed by atoms with E-state index in [1.54, 1.807) is 36.6 Å². The zero-order chi connectivity index (χ0) is 17.7. The number of carbonyl (C=O) groups excluding carboxylic acids is 1. The van der Waals surface area contributed by atoms with Gasteiger partial charge in [-0.3, -0.25) is 9.59 Å². The van der Waals surface area contributed by atoms with E-state index in [0.717, 1.165) is 12.1 Å². The number of rotatable bonds is 2. The van der Waals surface area contributed by atoms with Gasteiger partial charge in [0.25, 0.3) is 11.5 Å². The van der Waals surface area contributed by atoms with Crippen molar-refractivity contribution in [3.8, 4) is 11.5 Å². The Morgan fingerprint density at radius 2 is 2.04 bits per heavy atom. The number of carbonyl (C=O) groups is 1. The zero-order valence-corrected chi connectivity index (χ0v) is 14.0. The maximum absolute atomic E-state index is 12.9. The van der Waals surface area contributed by atoms with Crippen LogP contribution in [0, 0.1) is 5.92 Å². The summed E-state index contributed by atoms with van der Waals surface area (Å²) in [6.45, 7) is 1.87. The number of aromatic nitrogens is 2. The molecule has 26 heavy (non-hydrogen) atoms. The highest BCUT2D eigenvalue weighted by Gasteiger charge is 2.37. The van der Waals surface area contributed by atoms with Crippen LogP contribution in [0.1, 0.15) is 28.5 Å². The summed E-state index contributed by atoms with van der Waals surface area (Å²) < 4.78 is 12.4. The number of pyridine rings is 1. The number of piperidine rings is 1. The minimum atomic E-state index is -0.145. The van der Waals surface area contributed by atoms with Gasteiger partial charge in [-0.25, -0.2) is 0 Å². The normalized spacial score (nSPS) is 21.5. The van der Waals surface area contributed by atoms with Gasteiger partial charge in [-0.05, 0) is 30.5 Å². The average Bonchev–Trinajstić information content (AvgIpc) is 3.33. The number of hydrogen-bond acceptors (Lipinski definition) is 5. The maximum Gasteiger partial charge on any atom is 0.276 e. The molecule has 1 saturated heterocycles. The largest absolute Gasteiger partial charge is 0.461 e. The second kappa shape index (κ2) is 5.72. The van der Waals surface area contributed by atoms with Gasteiger partial charge in [0.15, 0.2) is 11.5 Å². The molecular weight excluding hydrogens is 334 g/mol. The summed E-state index contributed by atoms with van der Waals surface area (Å²) >= 11 is 0. The summed E-state index contributed by atoms with van der Waals surface area (Å²) in [5, 5.41) is 3.92. The monoisotopic (exact) mass is 351 g/mol. The molecular formula is C19H17N3O4. The fourth-order valence-electron chi connectivity index (χ4n) is 4.14. The number of hydrogen-bond donors (Lipinski definition) is 0. The first-order valence-electron chi connectivity index (χ1n) is 8.68. The Kier molecular flexibility index (Phi) is 3.34. The molecule has 3 aromatic heterocycles. The van der Waals surface area contributed by atoms with Crippen molar-refractivity contribution in [3.05, 3.63) is 64.4 Å². The first-order chi connectivity index (χ1) is 12.7. The van der Waals surface area contributed by atoms with Gasteiger partial charge < -0.3 is 18.4 Å². The minimum absolute atomic E-state index is 0.0385. The summed E-state index contributed by atoms with van der Waals surface area (Å²) in [6.07, 6.45) is 2.55. The van der Waals surface area contributed by atoms with Crippen LogP contribution < -0.4 is 5.56 Å². The molecule has 0 saturated carbocycles. The van der Waals surface area contributed by atoms with E-state index in [2.05, 4.69) is 5.16 Å². The average molecular weight is 351 g/mol. The van der Waals surface area contributed by atoms with Crippen molar-refractivity contribution in [2.75, 3.05) is 13.1 Å². The Balaban J connectivity index is 1.41. The SMILES string of the molecule is O=C(c1cc(-c2ccco2)on1)N1C[C@@H]2C[C@H](C1)c1cccc(=O)n1C2. The second-order valence-corrected chi connectivity index (χ2v) is 6.96. The lowest BCUT2D eigenvalue weighted by Crippen LogP contribution is -2.49. The topological polar surface area (TPSA) is 81.5 Å². The van der Waals surface area contributed by atoms with Gasteiger partial charge in [0.2, 0.25) is 5.76 Å². The van der Waals surface area contributed by atoms with Gasteiger partial charge in [0.05, 0.1) is 6.26 Å². The Morgan fingerprint density at radius 1 is 1.12 bits per heavy atom. The summed E-state index contributed by atoms with van der Waals surface area (Å²) in [5.41, 5.74) is 1.33. The number of likely N-dealkylation sites (tertiary alicyclic amines) is 1. The lowest BCUT2D eigenvalue weighted by atomic mass is 9.83. The third-order valence-electron chi connectivity index (χ3n) is 5.26. The molecule has 2 atom stereocenters. The molecule has 7 heteroatoms. The highest BCUT2D eigenvalue weighted by Crippen LogP contribution is 2.35. The molecule has 5 heterocycles. The van der Waals surface area contributed by atoms with E-state index in [-0.39, 0.29) is 29.0 Å². The smallest absolute Gasteiger partial charge is 0.276 e. The highest BCUT2D eigenvalue weighted by atomic mass is 16.5. The fourth-order valence-corrected chi connectivity index (χ4v) is 4.14. The molecule has 2 aliphatic rings. The predicted octanol–water partition coefficient (Wildman–Crippen LogP) is 2.36. The molecule has 0 N–H and O–H groups in total. The maximum atomic E-state index is 12.9. The molecule has 0 radical (unpaired) electrons. The third-order valence-corrected chi connectivity index (χ3v) is 5.26. The first-order valence-corrected chi connectivity index (χ1v) is 8.68. The van der Waals surface area contributed by atoms with Gasteiger partial charge in [0, 0.05) is 43.4 Å². The van der Waals surface area contributed by atoms with E-state index in [9.17, 15) is 9.59 Å². The van der Waals surface area contributed by atoms with E-state index in [1.807, 2.05) is 15.5 Å². The van der Waals surface area contributed by atoms with Crippen LogP contribution in [0.3, 0.4) is 0 Å². The predicted molar refractivity (Wildman–Crippen MR) is 91.7 cm³/mol. The first kappa shape index (κ1) is 15.2. The van der Waals surface area contributed by atoms with Crippen molar-refractivity contribution < 1.29 is 13.7 Å². The lowest BCUT2D eigenvalue weighted by molar-refractivity contribution is 0.0584. The van der Waals surface area contributed by atoms with Crippen LogP contribution >= 0.6 is 0 Å². The van der Waals surface area contributed by atoms with Crippen molar-refractivity contribution in [3.63, 3.8) is 0 Å². The van der Waals surface area contributed by atoms with E-state index in [0.29, 0.717) is 31.2 Å². The van der Waals surface area contributed by atoms with Crippen LogP contribution in [0.25, 0.3) is 11.5 Å². The van der Waals surface area contributed by atoms with Crippen molar-refractivity contribution in [1.82, 2.24) is 14.6 Å². The standard InChI is InChI=1S/C19H17N3O4/c23-18-5-1-3-15-13-7-12(10-22(15)18)9-21(11-13)19(24)14-8-17(26-20-14)16-4-2-6-25-16/h1-6,8,12-13H,7,9-11H2/t12-,13+/m0/s1.